The first-order valence-electron chi connectivity index (χ1n) is 18.5. The van der Waals surface area contributed by atoms with Crippen LogP contribution in [0.3, 0.4) is 0 Å². The zero-order chi connectivity index (χ0) is 36.3. The molecule has 1 amide bonds. The molecule has 4 atom stereocenters. The maximum absolute atomic E-state index is 13.0. The number of pyridine rings is 1. The molecule has 1 saturated carbocycles. The third-order valence-corrected chi connectivity index (χ3v) is 13.7. The molecule has 0 bridgehead atoms. The smallest absolute Gasteiger partial charge is 0.408 e. The number of likely N-dealkylation sites (tertiary alicyclic amines) is 1. The zero-order valence-corrected chi connectivity index (χ0v) is 30.5. The van der Waals surface area contributed by atoms with Crippen LogP contribution in [0.5, 0.6) is 0 Å². The van der Waals surface area contributed by atoms with E-state index in [4.69, 9.17) is 0 Å². The van der Waals surface area contributed by atoms with E-state index >= 15 is 0 Å². The van der Waals surface area contributed by atoms with E-state index in [9.17, 15) is 23.6 Å². The van der Waals surface area contributed by atoms with Crippen molar-refractivity contribution in [2.24, 2.45) is 17.8 Å². The van der Waals surface area contributed by atoms with Crippen molar-refractivity contribution in [1.29, 1.82) is 5.26 Å². The molecule has 0 spiro atoms. The number of sulfone groups is 1. The second-order valence-corrected chi connectivity index (χ2v) is 16.7. The molecule has 1 aliphatic carbocycles. The number of aromatic nitrogens is 1. The highest BCUT2D eigenvalue weighted by atomic mass is 32.2. The van der Waals surface area contributed by atoms with Crippen molar-refractivity contribution >= 4 is 21.6 Å². The molecular weight excluding hydrogens is 671 g/mol. The number of nitrogens with zero attached hydrogens (tertiary/aromatic N) is 5. The summed E-state index contributed by atoms with van der Waals surface area (Å²) in [5, 5.41) is 21.9. The zero-order valence-electron chi connectivity index (χ0n) is 29.7. The van der Waals surface area contributed by atoms with Crippen LogP contribution in [0.25, 0.3) is 0 Å². The molecule has 2 aliphatic heterocycles. The third kappa shape index (κ3) is 6.80. The average molecular weight is 718 g/mol. The summed E-state index contributed by atoms with van der Waals surface area (Å²) >= 11 is 0. The van der Waals surface area contributed by atoms with E-state index in [1.165, 1.54) is 24.5 Å². The van der Waals surface area contributed by atoms with E-state index in [1.54, 1.807) is 17.0 Å². The Morgan fingerprint density at radius 2 is 1.52 bits per heavy atom. The summed E-state index contributed by atoms with van der Waals surface area (Å²) in [6.07, 6.45) is 6.30. The minimum Gasteiger partial charge on any atom is -0.465 e. The monoisotopic (exact) mass is 717 g/mol. The van der Waals surface area contributed by atoms with Gasteiger partial charge in [0.2, 0.25) is 9.84 Å². The standard InChI is InChI=1S/C42H47N5O4S/c1-31(33-9-4-2-5-10-33)47(41(48)49)40-14-8-13-39(40)42(30-43,34-11-6-3-7-12-34)35-21-25-45(26-22-35)27-32-28-46(29-32)36-15-17-37(18-16-36)52(50,51)38-19-23-44-24-20-38/h2-7,9-12,15-20,23-24,31-32,35,39-40H,8,13-14,21-22,25-29H2,1H3,(H,48,49)/t31-,39-,40-,42?/m0/s1. The Bertz CT molecular complexity index is 1960. The van der Waals surface area contributed by atoms with Crippen molar-refractivity contribution < 1.29 is 18.3 Å². The topological polar surface area (TPSA) is 118 Å². The lowest BCUT2D eigenvalue weighted by Gasteiger charge is -2.49. The summed E-state index contributed by atoms with van der Waals surface area (Å²) in [5.41, 5.74) is 2.21. The van der Waals surface area contributed by atoms with Crippen LogP contribution in [0.15, 0.2) is 119 Å². The number of carboxylic acid groups (broad SMARTS) is 1. The summed E-state index contributed by atoms with van der Waals surface area (Å²) in [5.74, 6) is 0.517. The van der Waals surface area contributed by atoms with Gasteiger partial charge in [-0.1, -0.05) is 67.1 Å². The van der Waals surface area contributed by atoms with Gasteiger partial charge >= 0.3 is 6.09 Å². The molecule has 1 N–H and O–H groups in total. The van der Waals surface area contributed by atoms with Crippen LogP contribution in [0.4, 0.5) is 10.5 Å². The van der Waals surface area contributed by atoms with Crippen molar-refractivity contribution in [3.8, 4) is 6.07 Å². The molecule has 2 saturated heterocycles. The van der Waals surface area contributed by atoms with Crippen LogP contribution in [0.1, 0.15) is 56.2 Å². The molecule has 3 heterocycles. The van der Waals surface area contributed by atoms with E-state index in [2.05, 4.69) is 33.0 Å². The first-order valence-corrected chi connectivity index (χ1v) is 20.0. The predicted molar refractivity (Wildman–Crippen MR) is 201 cm³/mol. The Labute approximate surface area is 307 Å². The Kier molecular flexibility index (Phi) is 10.4. The minimum atomic E-state index is -3.58. The fourth-order valence-corrected chi connectivity index (χ4v) is 10.6. The van der Waals surface area contributed by atoms with Gasteiger partial charge in [0.05, 0.1) is 27.3 Å². The summed E-state index contributed by atoms with van der Waals surface area (Å²) < 4.78 is 26.0. The van der Waals surface area contributed by atoms with Crippen LogP contribution in [0.2, 0.25) is 0 Å². The van der Waals surface area contributed by atoms with E-state index in [1.807, 2.05) is 67.6 Å². The Morgan fingerprint density at radius 3 is 2.13 bits per heavy atom. The van der Waals surface area contributed by atoms with Crippen molar-refractivity contribution in [2.75, 3.05) is 37.6 Å². The largest absolute Gasteiger partial charge is 0.465 e. The molecule has 10 heteroatoms. The molecule has 4 aromatic rings. The summed E-state index contributed by atoms with van der Waals surface area (Å²) in [6.45, 7) is 6.59. The number of hydrogen-bond donors (Lipinski definition) is 1. The first-order chi connectivity index (χ1) is 25.2. The van der Waals surface area contributed by atoms with Gasteiger partial charge in [-0.15, -0.1) is 0 Å². The quantitative estimate of drug-likeness (QED) is 0.170. The molecule has 270 valence electrons. The second kappa shape index (κ2) is 15.1. The fraction of sp³-hybridized carbons (Fsp3) is 0.405. The highest BCUT2D eigenvalue weighted by Crippen LogP contribution is 2.52. The molecule has 7 rings (SSSR count). The van der Waals surface area contributed by atoms with Gasteiger partial charge in [-0.3, -0.25) is 9.88 Å². The number of nitriles is 1. The molecule has 3 aromatic carbocycles. The molecule has 9 nitrogen and oxygen atoms in total. The molecule has 1 unspecified atom stereocenters. The van der Waals surface area contributed by atoms with Gasteiger partial charge in [-0.25, -0.2) is 13.2 Å². The molecule has 1 aromatic heterocycles. The van der Waals surface area contributed by atoms with Gasteiger partial charge < -0.3 is 14.9 Å². The first kappa shape index (κ1) is 35.7. The van der Waals surface area contributed by atoms with Gasteiger partial charge in [0.25, 0.3) is 0 Å². The normalized spacial score (nSPS) is 21.8. The van der Waals surface area contributed by atoms with Crippen molar-refractivity contribution in [3.05, 3.63) is 121 Å². The summed E-state index contributed by atoms with van der Waals surface area (Å²) in [7, 11) is -3.58. The van der Waals surface area contributed by atoms with E-state index in [-0.39, 0.29) is 33.7 Å². The van der Waals surface area contributed by atoms with Gasteiger partial charge in [-0.05, 0) is 99.1 Å². The Hall–Kier alpha value is -4.72. The number of hydrogen-bond acceptors (Lipinski definition) is 7. The summed E-state index contributed by atoms with van der Waals surface area (Å²) in [4.78, 5) is 23.9. The summed E-state index contributed by atoms with van der Waals surface area (Å²) in [6, 6.07) is 32.5. The van der Waals surface area contributed by atoms with Crippen LogP contribution in [-0.4, -0.2) is 73.2 Å². The minimum absolute atomic E-state index is 0.107. The number of benzene rings is 3. The number of amides is 1. The van der Waals surface area contributed by atoms with Gasteiger partial charge in [0.15, 0.2) is 0 Å². The Balaban J connectivity index is 1.02. The van der Waals surface area contributed by atoms with Gasteiger partial charge in [-0.2, -0.15) is 5.26 Å². The van der Waals surface area contributed by atoms with Crippen LogP contribution >= 0.6 is 0 Å². The third-order valence-electron chi connectivity index (χ3n) is 12.0. The fourth-order valence-electron chi connectivity index (χ4n) is 9.32. The maximum atomic E-state index is 13.0. The highest BCUT2D eigenvalue weighted by Gasteiger charge is 2.54. The Morgan fingerprint density at radius 1 is 0.904 bits per heavy atom. The second-order valence-electron chi connectivity index (χ2n) is 14.8. The van der Waals surface area contributed by atoms with Gasteiger partial charge in [0, 0.05) is 55.6 Å². The SMILES string of the molecule is C[C@@H](c1ccccc1)N(C(=O)O)[C@H]1CCC[C@@H]1C(C#N)(c1ccccc1)C1CCN(CC2CN(c3ccc(S(=O)(=O)c4ccncc4)cc3)C2)CC1. The molecule has 3 fully saturated rings. The number of carbonyl (C=O) groups is 1. The lowest BCUT2D eigenvalue weighted by Crippen LogP contribution is -2.55. The molecule has 52 heavy (non-hydrogen) atoms. The van der Waals surface area contributed by atoms with Crippen LogP contribution < -0.4 is 4.90 Å². The lowest BCUT2D eigenvalue weighted by molar-refractivity contribution is 0.0495. The number of anilines is 1. The predicted octanol–water partition coefficient (Wildman–Crippen LogP) is 7.43. The van der Waals surface area contributed by atoms with Crippen LogP contribution in [0, 0.1) is 29.1 Å². The molecule has 3 aliphatic rings. The number of piperidine rings is 1. The van der Waals surface area contributed by atoms with Crippen molar-refractivity contribution in [3.63, 3.8) is 0 Å². The van der Waals surface area contributed by atoms with E-state index in [0.29, 0.717) is 5.92 Å². The van der Waals surface area contributed by atoms with E-state index < -0.39 is 21.3 Å². The molecule has 0 radical (unpaired) electrons. The van der Waals surface area contributed by atoms with Gasteiger partial charge in [0.1, 0.15) is 0 Å². The lowest BCUT2D eigenvalue weighted by atomic mass is 9.59. The van der Waals surface area contributed by atoms with Crippen molar-refractivity contribution in [1.82, 2.24) is 14.8 Å². The van der Waals surface area contributed by atoms with Crippen molar-refractivity contribution in [2.45, 2.75) is 66.3 Å². The molecular formula is C42H47N5O4S. The maximum Gasteiger partial charge on any atom is 0.408 e. The average Bonchev–Trinajstić information content (AvgIpc) is 3.64. The highest BCUT2D eigenvalue weighted by molar-refractivity contribution is 7.91. The van der Waals surface area contributed by atoms with Crippen LogP contribution in [-0.2, 0) is 15.3 Å². The van der Waals surface area contributed by atoms with E-state index in [0.717, 1.165) is 81.6 Å². The number of rotatable bonds is 11.